The maximum Gasteiger partial charge on any atom is 0.334 e. The van der Waals surface area contributed by atoms with Crippen molar-refractivity contribution in [3.8, 4) is 0 Å². The van der Waals surface area contributed by atoms with Gasteiger partial charge in [-0.25, -0.2) is 4.79 Å². The van der Waals surface area contributed by atoms with E-state index in [1.54, 1.807) is 0 Å². The van der Waals surface area contributed by atoms with Crippen molar-refractivity contribution in [3.05, 3.63) is 34.9 Å². The first-order chi connectivity index (χ1) is 10.5. The minimum atomic E-state index is -0.0838. The van der Waals surface area contributed by atoms with E-state index in [9.17, 15) is 4.79 Å². The first-order valence-electron chi connectivity index (χ1n) is 8.65. The molecule has 3 unspecified atom stereocenters. The number of hydrogen-bond donors (Lipinski definition) is 0. The summed E-state index contributed by atoms with van der Waals surface area (Å²) >= 11 is 0. The van der Waals surface area contributed by atoms with Gasteiger partial charge in [0.25, 0.3) is 0 Å². The van der Waals surface area contributed by atoms with Gasteiger partial charge in [0.05, 0.1) is 6.61 Å². The molecule has 1 heterocycles. The summed E-state index contributed by atoms with van der Waals surface area (Å²) in [6, 6.07) is 0. The van der Waals surface area contributed by atoms with Gasteiger partial charge in [0.1, 0.15) is 0 Å². The zero-order chi connectivity index (χ0) is 16.1. The Morgan fingerprint density at radius 3 is 2.91 bits per heavy atom. The van der Waals surface area contributed by atoms with Gasteiger partial charge in [-0.3, -0.25) is 0 Å². The Balaban J connectivity index is 2.13. The molecular weight excluding hydrogens is 272 g/mol. The highest BCUT2D eigenvalue weighted by molar-refractivity contribution is 5.91. The Labute approximate surface area is 135 Å². The number of carbonyl (C=O) groups excluding carboxylic acids is 1. The van der Waals surface area contributed by atoms with Crippen LogP contribution in [-0.4, -0.2) is 12.6 Å². The second-order valence-electron chi connectivity index (χ2n) is 7.19. The SMILES string of the molecule is CC(C)=CCCC(C)C1CCC(C)=CCC=C2C(=O)OCC21. The van der Waals surface area contributed by atoms with Crippen LogP contribution in [0.5, 0.6) is 0 Å². The van der Waals surface area contributed by atoms with Crippen LogP contribution >= 0.6 is 0 Å². The summed E-state index contributed by atoms with van der Waals surface area (Å²) in [4.78, 5) is 12.0. The molecule has 0 saturated carbocycles. The van der Waals surface area contributed by atoms with Crippen LogP contribution in [0.25, 0.3) is 0 Å². The summed E-state index contributed by atoms with van der Waals surface area (Å²) < 4.78 is 5.36. The van der Waals surface area contributed by atoms with Gasteiger partial charge < -0.3 is 4.74 Å². The van der Waals surface area contributed by atoms with Crippen molar-refractivity contribution in [2.45, 2.75) is 59.8 Å². The van der Waals surface area contributed by atoms with Crippen molar-refractivity contribution < 1.29 is 9.53 Å². The summed E-state index contributed by atoms with van der Waals surface area (Å²) in [5.41, 5.74) is 3.78. The Morgan fingerprint density at radius 1 is 1.41 bits per heavy atom. The van der Waals surface area contributed by atoms with Crippen molar-refractivity contribution in [2.75, 3.05) is 6.61 Å². The maximum atomic E-state index is 12.0. The number of esters is 1. The van der Waals surface area contributed by atoms with Crippen LogP contribution in [0.15, 0.2) is 34.9 Å². The average Bonchev–Trinajstić information content (AvgIpc) is 2.83. The van der Waals surface area contributed by atoms with Gasteiger partial charge in [-0.05, 0) is 64.7 Å². The van der Waals surface area contributed by atoms with Crippen LogP contribution in [-0.2, 0) is 9.53 Å². The summed E-state index contributed by atoms with van der Waals surface area (Å²) in [5.74, 6) is 1.38. The zero-order valence-electron chi connectivity index (χ0n) is 14.5. The molecule has 2 rings (SSSR count). The number of hydrogen-bond acceptors (Lipinski definition) is 2. The van der Waals surface area contributed by atoms with Gasteiger partial charge in [0, 0.05) is 11.5 Å². The topological polar surface area (TPSA) is 26.3 Å². The number of rotatable bonds is 4. The standard InChI is InChI=1S/C20H30O2/c1-14(2)7-5-9-16(4)17-12-11-15(3)8-6-10-18-19(17)13-22-20(18)21/h7-8,10,16-17,19H,5-6,9,11-13H2,1-4H3. The number of fused-ring (bicyclic) bond motifs is 1. The number of cyclic esters (lactones) is 1. The van der Waals surface area contributed by atoms with Gasteiger partial charge in [-0.15, -0.1) is 0 Å². The van der Waals surface area contributed by atoms with Gasteiger partial charge >= 0.3 is 5.97 Å². The fourth-order valence-electron chi connectivity index (χ4n) is 3.69. The molecule has 0 N–H and O–H groups in total. The largest absolute Gasteiger partial charge is 0.462 e. The van der Waals surface area contributed by atoms with Gasteiger partial charge in [-0.2, -0.15) is 0 Å². The number of ether oxygens (including phenoxy) is 1. The van der Waals surface area contributed by atoms with Crippen LogP contribution in [0, 0.1) is 17.8 Å². The number of carbonyl (C=O) groups is 1. The molecule has 0 radical (unpaired) electrons. The predicted molar refractivity (Wildman–Crippen MR) is 91.5 cm³/mol. The van der Waals surface area contributed by atoms with E-state index >= 15 is 0 Å². The fourth-order valence-corrected chi connectivity index (χ4v) is 3.69. The third kappa shape index (κ3) is 4.34. The van der Waals surface area contributed by atoms with Crippen molar-refractivity contribution in [2.24, 2.45) is 17.8 Å². The Kier molecular flexibility index (Phi) is 6.05. The summed E-state index contributed by atoms with van der Waals surface area (Å²) in [7, 11) is 0. The fraction of sp³-hybridized carbons (Fsp3) is 0.650. The molecule has 1 saturated heterocycles. The van der Waals surface area contributed by atoms with Crippen molar-refractivity contribution in [1.82, 2.24) is 0 Å². The van der Waals surface area contributed by atoms with E-state index < -0.39 is 0 Å². The monoisotopic (exact) mass is 302 g/mol. The lowest BCUT2D eigenvalue weighted by atomic mass is 9.75. The Bertz CT molecular complexity index is 492. The molecule has 0 aromatic rings. The van der Waals surface area contributed by atoms with Crippen molar-refractivity contribution in [1.29, 1.82) is 0 Å². The molecule has 0 amide bonds. The number of allylic oxidation sites excluding steroid dienone is 5. The minimum Gasteiger partial charge on any atom is -0.462 e. The van der Waals surface area contributed by atoms with Crippen LogP contribution in [0.1, 0.15) is 59.8 Å². The van der Waals surface area contributed by atoms with Crippen LogP contribution in [0.3, 0.4) is 0 Å². The van der Waals surface area contributed by atoms with Crippen molar-refractivity contribution >= 4 is 5.97 Å². The summed E-state index contributed by atoms with van der Waals surface area (Å²) in [5, 5.41) is 0. The highest BCUT2D eigenvalue weighted by atomic mass is 16.5. The van der Waals surface area contributed by atoms with E-state index in [0.29, 0.717) is 24.4 Å². The summed E-state index contributed by atoms with van der Waals surface area (Å²) in [6.07, 6.45) is 12.2. The van der Waals surface area contributed by atoms with E-state index in [2.05, 4.69) is 45.9 Å². The lowest BCUT2D eigenvalue weighted by Crippen LogP contribution is -2.24. The van der Waals surface area contributed by atoms with E-state index in [1.165, 1.54) is 17.6 Å². The third-order valence-electron chi connectivity index (χ3n) is 5.13. The van der Waals surface area contributed by atoms with Gasteiger partial charge in [0.15, 0.2) is 0 Å². The molecule has 0 aromatic heterocycles. The Morgan fingerprint density at radius 2 is 2.18 bits per heavy atom. The highest BCUT2D eigenvalue weighted by Gasteiger charge is 2.38. The smallest absolute Gasteiger partial charge is 0.334 e. The van der Waals surface area contributed by atoms with E-state index in [-0.39, 0.29) is 5.97 Å². The molecule has 22 heavy (non-hydrogen) atoms. The lowest BCUT2D eigenvalue weighted by molar-refractivity contribution is -0.135. The molecule has 1 aliphatic carbocycles. The molecule has 0 bridgehead atoms. The second-order valence-corrected chi connectivity index (χ2v) is 7.19. The van der Waals surface area contributed by atoms with Gasteiger partial charge in [0.2, 0.25) is 0 Å². The quantitative estimate of drug-likeness (QED) is 0.526. The highest BCUT2D eigenvalue weighted by Crippen LogP contribution is 2.39. The van der Waals surface area contributed by atoms with E-state index in [0.717, 1.165) is 31.3 Å². The van der Waals surface area contributed by atoms with Crippen LogP contribution in [0.2, 0.25) is 0 Å². The predicted octanol–water partition coefficient (Wildman–Crippen LogP) is 5.21. The molecule has 1 aliphatic heterocycles. The van der Waals surface area contributed by atoms with Crippen LogP contribution < -0.4 is 0 Å². The van der Waals surface area contributed by atoms with Crippen molar-refractivity contribution in [3.63, 3.8) is 0 Å². The summed E-state index contributed by atoms with van der Waals surface area (Å²) in [6.45, 7) is 9.46. The normalized spacial score (nSPS) is 26.6. The molecule has 2 aliphatic rings. The average molecular weight is 302 g/mol. The molecule has 0 spiro atoms. The van der Waals surface area contributed by atoms with E-state index in [4.69, 9.17) is 4.74 Å². The molecule has 2 heteroatoms. The molecule has 1 fully saturated rings. The first-order valence-corrected chi connectivity index (χ1v) is 8.65. The minimum absolute atomic E-state index is 0.0838. The zero-order valence-corrected chi connectivity index (χ0v) is 14.5. The molecule has 2 nitrogen and oxygen atoms in total. The lowest BCUT2D eigenvalue weighted by Gasteiger charge is -2.28. The van der Waals surface area contributed by atoms with Gasteiger partial charge in [-0.1, -0.05) is 36.3 Å². The molecular formula is C20H30O2. The van der Waals surface area contributed by atoms with Crippen LogP contribution in [0.4, 0.5) is 0 Å². The first kappa shape index (κ1) is 17.1. The second kappa shape index (κ2) is 7.80. The molecule has 0 aromatic carbocycles. The van der Waals surface area contributed by atoms with E-state index in [1.807, 2.05) is 0 Å². The Hall–Kier alpha value is -1.31. The molecule has 3 atom stereocenters. The molecule has 122 valence electrons. The maximum absolute atomic E-state index is 12.0. The third-order valence-corrected chi connectivity index (χ3v) is 5.13.